The Morgan fingerprint density at radius 1 is 1.36 bits per heavy atom. The SMILES string of the molecule is CC(=O)/C(=C/N(C)C)C(=O)O. The van der Waals surface area contributed by atoms with Gasteiger partial charge in [-0.3, -0.25) is 4.79 Å². The molecule has 0 aliphatic rings. The van der Waals surface area contributed by atoms with E-state index in [1.165, 1.54) is 18.0 Å². The molecule has 0 radical (unpaired) electrons. The Morgan fingerprint density at radius 3 is 1.91 bits per heavy atom. The third-order valence-corrected chi connectivity index (χ3v) is 0.997. The van der Waals surface area contributed by atoms with Crippen molar-refractivity contribution in [3.05, 3.63) is 11.8 Å². The van der Waals surface area contributed by atoms with Gasteiger partial charge in [-0.15, -0.1) is 0 Å². The van der Waals surface area contributed by atoms with Crippen LogP contribution in [0.1, 0.15) is 6.92 Å². The number of hydrogen-bond acceptors (Lipinski definition) is 3. The molecular formula is C7H11NO3. The van der Waals surface area contributed by atoms with Crippen molar-refractivity contribution in [3.8, 4) is 0 Å². The summed E-state index contributed by atoms with van der Waals surface area (Å²) in [4.78, 5) is 22.5. The number of hydrogen-bond donors (Lipinski definition) is 1. The second-order valence-corrected chi connectivity index (χ2v) is 2.37. The monoisotopic (exact) mass is 157 g/mol. The van der Waals surface area contributed by atoms with E-state index in [2.05, 4.69) is 0 Å². The number of rotatable bonds is 3. The highest BCUT2D eigenvalue weighted by Crippen LogP contribution is 1.96. The van der Waals surface area contributed by atoms with Gasteiger partial charge in [0.2, 0.25) is 0 Å². The van der Waals surface area contributed by atoms with Crippen molar-refractivity contribution in [1.29, 1.82) is 0 Å². The molecule has 0 amide bonds. The van der Waals surface area contributed by atoms with E-state index in [1.54, 1.807) is 14.1 Å². The van der Waals surface area contributed by atoms with Crippen molar-refractivity contribution >= 4 is 11.8 Å². The summed E-state index contributed by atoms with van der Waals surface area (Å²) in [6.45, 7) is 1.23. The molecule has 4 heteroatoms. The van der Waals surface area contributed by atoms with E-state index in [1.807, 2.05) is 0 Å². The minimum absolute atomic E-state index is 0.199. The van der Waals surface area contributed by atoms with E-state index < -0.39 is 11.8 Å². The first-order valence-corrected chi connectivity index (χ1v) is 3.07. The lowest BCUT2D eigenvalue weighted by Gasteiger charge is -2.05. The third-order valence-electron chi connectivity index (χ3n) is 0.997. The molecule has 1 N–H and O–H groups in total. The molecule has 0 aliphatic heterocycles. The molecule has 11 heavy (non-hydrogen) atoms. The molecular weight excluding hydrogens is 146 g/mol. The van der Waals surface area contributed by atoms with Gasteiger partial charge < -0.3 is 10.0 Å². The van der Waals surface area contributed by atoms with Crippen LogP contribution in [0.5, 0.6) is 0 Å². The van der Waals surface area contributed by atoms with E-state index in [0.717, 1.165) is 0 Å². The number of nitrogens with zero attached hydrogens (tertiary/aromatic N) is 1. The first kappa shape index (κ1) is 9.68. The molecule has 0 aromatic rings. The van der Waals surface area contributed by atoms with E-state index >= 15 is 0 Å². The van der Waals surface area contributed by atoms with Crippen molar-refractivity contribution in [1.82, 2.24) is 4.90 Å². The number of carbonyl (C=O) groups excluding carboxylic acids is 1. The van der Waals surface area contributed by atoms with Crippen molar-refractivity contribution in [3.63, 3.8) is 0 Å². The molecule has 0 bridgehead atoms. The van der Waals surface area contributed by atoms with Gasteiger partial charge in [-0.05, 0) is 6.92 Å². The number of aliphatic carboxylic acids is 1. The van der Waals surface area contributed by atoms with Gasteiger partial charge in [0.25, 0.3) is 0 Å². The minimum Gasteiger partial charge on any atom is -0.478 e. The summed E-state index contributed by atoms with van der Waals surface area (Å²) in [5.74, 6) is -1.63. The lowest BCUT2D eigenvalue weighted by Crippen LogP contribution is -2.13. The predicted octanol–water partition coefficient (Wildman–Crippen LogP) is 0.106. The molecule has 0 saturated heterocycles. The van der Waals surface area contributed by atoms with Gasteiger partial charge in [0, 0.05) is 20.3 Å². The Hall–Kier alpha value is -1.32. The molecule has 0 spiro atoms. The summed E-state index contributed by atoms with van der Waals surface area (Å²) in [7, 11) is 3.32. The van der Waals surface area contributed by atoms with Gasteiger partial charge in [-0.25, -0.2) is 4.79 Å². The second-order valence-electron chi connectivity index (χ2n) is 2.37. The van der Waals surface area contributed by atoms with Gasteiger partial charge in [0.1, 0.15) is 5.57 Å². The van der Waals surface area contributed by atoms with Crippen LogP contribution in [0.15, 0.2) is 11.8 Å². The molecule has 0 rings (SSSR count). The fraction of sp³-hybridized carbons (Fsp3) is 0.429. The van der Waals surface area contributed by atoms with Crippen molar-refractivity contribution in [2.75, 3.05) is 14.1 Å². The van der Waals surface area contributed by atoms with Crippen LogP contribution in [0.4, 0.5) is 0 Å². The summed E-state index contributed by atoms with van der Waals surface area (Å²) in [6.07, 6.45) is 1.28. The average Bonchev–Trinajstić information content (AvgIpc) is 1.81. The normalized spacial score (nSPS) is 11.0. The quantitative estimate of drug-likeness (QED) is 0.359. The molecule has 0 aromatic carbocycles. The smallest absolute Gasteiger partial charge is 0.340 e. The lowest BCUT2D eigenvalue weighted by atomic mass is 10.2. The van der Waals surface area contributed by atoms with Crippen LogP contribution in [0, 0.1) is 0 Å². The fourth-order valence-electron chi connectivity index (χ4n) is 0.555. The molecule has 0 heterocycles. The topological polar surface area (TPSA) is 57.6 Å². The van der Waals surface area contributed by atoms with Gasteiger partial charge in [0.15, 0.2) is 5.78 Å². The number of carboxylic acids is 1. The molecule has 0 aromatic heterocycles. The van der Waals surface area contributed by atoms with Gasteiger partial charge >= 0.3 is 5.97 Å². The summed E-state index contributed by atoms with van der Waals surface area (Å²) in [6, 6.07) is 0. The zero-order valence-corrected chi connectivity index (χ0v) is 6.79. The van der Waals surface area contributed by atoms with Crippen LogP contribution < -0.4 is 0 Å². The molecule has 62 valence electrons. The van der Waals surface area contributed by atoms with Crippen LogP contribution in [0.2, 0.25) is 0 Å². The number of carbonyl (C=O) groups is 2. The first-order valence-electron chi connectivity index (χ1n) is 3.07. The Bertz CT molecular complexity index is 190. The maximum absolute atomic E-state index is 10.6. The van der Waals surface area contributed by atoms with Gasteiger partial charge in [0.05, 0.1) is 0 Å². The van der Waals surface area contributed by atoms with Crippen LogP contribution in [-0.4, -0.2) is 35.9 Å². The van der Waals surface area contributed by atoms with E-state index in [0.29, 0.717) is 0 Å². The highest BCUT2D eigenvalue weighted by Gasteiger charge is 2.12. The Labute approximate surface area is 65.1 Å². The third kappa shape index (κ3) is 3.40. The number of ketones is 1. The van der Waals surface area contributed by atoms with Crippen molar-refractivity contribution in [2.45, 2.75) is 6.92 Å². The largest absolute Gasteiger partial charge is 0.478 e. The molecule has 0 atom stereocenters. The summed E-state index contributed by atoms with van der Waals surface area (Å²) in [5, 5.41) is 8.48. The maximum Gasteiger partial charge on any atom is 0.340 e. The summed E-state index contributed by atoms with van der Waals surface area (Å²) < 4.78 is 0. The Morgan fingerprint density at radius 2 is 1.82 bits per heavy atom. The Kier molecular flexibility index (Phi) is 3.30. The molecule has 4 nitrogen and oxygen atoms in total. The standard InChI is InChI=1S/C7H11NO3/c1-5(9)6(7(10)11)4-8(2)3/h4H,1-3H3,(H,10,11)/b6-4-. The average molecular weight is 157 g/mol. The molecule has 0 aliphatic carbocycles. The first-order chi connectivity index (χ1) is 4.95. The zero-order valence-electron chi connectivity index (χ0n) is 6.79. The van der Waals surface area contributed by atoms with Crippen LogP contribution in [-0.2, 0) is 9.59 Å². The Balaban J connectivity index is 4.60. The van der Waals surface area contributed by atoms with Gasteiger partial charge in [-0.1, -0.05) is 0 Å². The van der Waals surface area contributed by atoms with Crippen molar-refractivity contribution < 1.29 is 14.7 Å². The fourth-order valence-corrected chi connectivity index (χ4v) is 0.555. The lowest BCUT2D eigenvalue weighted by molar-refractivity contribution is -0.134. The summed E-state index contributed by atoms with van der Waals surface area (Å²) >= 11 is 0. The van der Waals surface area contributed by atoms with E-state index in [9.17, 15) is 9.59 Å². The minimum atomic E-state index is -1.19. The zero-order chi connectivity index (χ0) is 9.02. The molecule has 0 unspecified atom stereocenters. The maximum atomic E-state index is 10.6. The van der Waals surface area contributed by atoms with Crippen LogP contribution >= 0.6 is 0 Å². The summed E-state index contributed by atoms with van der Waals surface area (Å²) in [5.41, 5.74) is -0.199. The van der Waals surface area contributed by atoms with Gasteiger partial charge in [-0.2, -0.15) is 0 Å². The molecule has 0 fully saturated rings. The predicted molar refractivity (Wildman–Crippen MR) is 40.1 cm³/mol. The highest BCUT2D eigenvalue weighted by molar-refractivity contribution is 6.15. The van der Waals surface area contributed by atoms with E-state index in [-0.39, 0.29) is 5.57 Å². The van der Waals surface area contributed by atoms with Crippen molar-refractivity contribution in [2.24, 2.45) is 0 Å². The molecule has 0 saturated carbocycles. The van der Waals surface area contributed by atoms with Crippen LogP contribution in [0.25, 0.3) is 0 Å². The highest BCUT2D eigenvalue weighted by atomic mass is 16.4. The van der Waals surface area contributed by atoms with E-state index in [4.69, 9.17) is 5.11 Å². The number of Topliss-reactive ketones (excluding diaryl/α,β-unsaturated/α-hetero) is 1. The number of carboxylic acid groups (broad SMARTS) is 1. The van der Waals surface area contributed by atoms with Crippen LogP contribution in [0.3, 0.4) is 0 Å². The second kappa shape index (κ2) is 3.75.